The molecule has 23 heavy (non-hydrogen) atoms. The van der Waals surface area contributed by atoms with Crippen molar-refractivity contribution in [2.45, 2.75) is 69.9 Å². The largest absolute Gasteiger partial charge is 0.290 e. The van der Waals surface area contributed by atoms with Gasteiger partial charge < -0.3 is 0 Å². The fourth-order valence-electron chi connectivity index (χ4n) is 2.71. The molecule has 0 radical (unpaired) electrons. The van der Waals surface area contributed by atoms with E-state index in [-0.39, 0.29) is 32.1 Å². The van der Waals surface area contributed by atoms with Gasteiger partial charge in [-0.25, -0.2) is 18.2 Å². The third-order valence-electron chi connectivity index (χ3n) is 4.31. The molecule has 2 unspecified atom stereocenters. The van der Waals surface area contributed by atoms with Crippen molar-refractivity contribution in [1.29, 1.82) is 5.41 Å². The Balaban J connectivity index is 2.43. The van der Waals surface area contributed by atoms with Gasteiger partial charge >= 0.3 is 0 Å². The van der Waals surface area contributed by atoms with Gasteiger partial charge in [0.15, 0.2) is 5.84 Å². The number of amidine groups is 1. The van der Waals surface area contributed by atoms with Gasteiger partial charge in [0.05, 0.1) is 0 Å². The quantitative estimate of drug-likeness (QED) is 0.292. The van der Waals surface area contributed by atoms with E-state index in [4.69, 9.17) is 5.41 Å². The smallest absolute Gasteiger partial charge is 0.247 e. The third kappa shape index (κ3) is 6.28. The molecule has 3 nitrogen and oxygen atoms in total. The van der Waals surface area contributed by atoms with Crippen LogP contribution in [0, 0.1) is 11.3 Å². The molecule has 0 aromatic heterocycles. The summed E-state index contributed by atoms with van der Waals surface area (Å²) in [7, 11) is 0. The molecule has 1 aliphatic carbocycles. The van der Waals surface area contributed by atoms with Crippen molar-refractivity contribution in [2.24, 2.45) is 10.9 Å². The lowest BCUT2D eigenvalue weighted by Gasteiger charge is -2.31. The van der Waals surface area contributed by atoms with E-state index in [1.165, 1.54) is 19.2 Å². The van der Waals surface area contributed by atoms with Crippen molar-refractivity contribution in [2.75, 3.05) is 0 Å². The van der Waals surface area contributed by atoms with Crippen LogP contribution in [0.1, 0.15) is 58.3 Å². The van der Waals surface area contributed by atoms with Gasteiger partial charge in [0.1, 0.15) is 5.67 Å². The fraction of sp³-hybridized carbons (Fsp3) is 0.706. The Morgan fingerprint density at radius 3 is 2.83 bits per heavy atom. The number of allylic oxidation sites excluding steroid dienone is 1. The minimum absolute atomic E-state index is 0.0377. The number of nitrogens with zero attached hydrogens (tertiary/aromatic N) is 1. The van der Waals surface area contributed by atoms with Crippen molar-refractivity contribution < 1.29 is 18.0 Å². The van der Waals surface area contributed by atoms with E-state index in [0.29, 0.717) is 19.3 Å². The second-order valence-electron chi connectivity index (χ2n) is 6.16. The van der Waals surface area contributed by atoms with E-state index in [1.54, 1.807) is 0 Å². The Morgan fingerprint density at radius 2 is 2.22 bits per heavy atom. The van der Waals surface area contributed by atoms with E-state index < -0.39 is 29.1 Å². The summed E-state index contributed by atoms with van der Waals surface area (Å²) >= 11 is 0. The van der Waals surface area contributed by atoms with Crippen LogP contribution < -0.4 is 0 Å². The molecule has 0 amide bonds. The number of ketones is 1. The lowest BCUT2D eigenvalue weighted by atomic mass is 9.77. The second-order valence-corrected chi connectivity index (χ2v) is 6.16. The van der Waals surface area contributed by atoms with Crippen LogP contribution >= 0.6 is 0 Å². The summed E-state index contributed by atoms with van der Waals surface area (Å²) in [4.78, 5) is 15.8. The summed E-state index contributed by atoms with van der Waals surface area (Å²) in [5, 5.41) is 7.67. The predicted molar refractivity (Wildman–Crippen MR) is 86.3 cm³/mol. The molecule has 0 heterocycles. The average Bonchev–Trinajstić information content (AvgIpc) is 2.53. The number of hydrogen-bond donors (Lipinski definition) is 1. The molecular weight excluding hydrogens is 305 g/mol. The van der Waals surface area contributed by atoms with Crippen LogP contribution in [0.5, 0.6) is 0 Å². The van der Waals surface area contributed by atoms with Crippen molar-refractivity contribution in [1.82, 2.24) is 0 Å². The van der Waals surface area contributed by atoms with Crippen LogP contribution in [0.3, 0.4) is 0 Å². The molecule has 1 fully saturated rings. The summed E-state index contributed by atoms with van der Waals surface area (Å²) < 4.78 is 40.3. The molecule has 6 heteroatoms. The monoisotopic (exact) mass is 330 g/mol. The summed E-state index contributed by atoms with van der Waals surface area (Å²) in [6, 6.07) is 0. The zero-order valence-corrected chi connectivity index (χ0v) is 13.6. The minimum atomic E-state index is -2.67. The number of carbonyl (C=O) groups excluding carboxylic acids is 1. The minimum Gasteiger partial charge on any atom is -0.290 e. The lowest BCUT2D eigenvalue weighted by molar-refractivity contribution is -0.118. The van der Waals surface area contributed by atoms with Crippen LogP contribution in [-0.4, -0.2) is 29.4 Å². The first-order valence-corrected chi connectivity index (χ1v) is 8.08. The molecule has 1 rings (SSSR count). The van der Waals surface area contributed by atoms with Gasteiger partial charge in [-0.3, -0.25) is 10.2 Å². The summed E-state index contributed by atoms with van der Waals surface area (Å²) in [5.74, 6) is -4.14. The standard InChI is InChI=1S/C17H25F3N2O/c1-3-16(18)9-7-8-13(12-16)14(23)15(21)22-11-6-5-10-17(19,20)4-2/h3,11,13,21H,1,4-10,12H2,2H3. The van der Waals surface area contributed by atoms with Crippen molar-refractivity contribution >= 4 is 17.8 Å². The van der Waals surface area contributed by atoms with Crippen molar-refractivity contribution in [3.05, 3.63) is 12.7 Å². The van der Waals surface area contributed by atoms with Gasteiger partial charge in [-0.2, -0.15) is 0 Å². The van der Waals surface area contributed by atoms with Crippen LogP contribution in [0.15, 0.2) is 17.6 Å². The van der Waals surface area contributed by atoms with Crippen LogP contribution in [0.4, 0.5) is 13.2 Å². The molecule has 0 aromatic rings. The van der Waals surface area contributed by atoms with E-state index in [2.05, 4.69) is 11.6 Å². The van der Waals surface area contributed by atoms with Gasteiger partial charge in [0.25, 0.3) is 0 Å². The van der Waals surface area contributed by atoms with Crippen LogP contribution in [-0.2, 0) is 4.79 Å². The Hall–Kier alpha value is -1.46. The highest BCUT2D eigenvalue weighted by molar-refractivity contribution is 6.39. The maximum Gasteiger partial charge on any atom is 0.247 e. The highest BCUT2D eigenvalue weighted by Gasteiger charge is 2.37. The van der Waals surface area contributed by atoms with Crippen LogP contribution in [0.2, 0.25) is 0 Å². The number of alkyl halides is 3. The second kappa shape index (κ2) is 8.41. The maximum absolute atomic E-state index is 14.2. The van der Waals surface area contributed by atoms with Gasteiger partial charge in [-0.15, -0.1) is 0 Å². The van der Waals surface area contributed by atoms with Gasteiger partial charge in [0, 0.05) is 25.0 Å². The first kappa shape index (κ1) is 19.6. The number of rotatable bonds is 8. The normalized spacial score (nSPS) is 25.5. The van der Waals surface area contributed by atoms with Crippen molar-refractivity contribution in [3.63, 3.8) is 0 Å². The summed E-state index contributed by atoms with van der Waals surface area (Å²) in [5.41, 5.74) is -1.55. The van der Waals surface area contributed by atoms with E-state index in [0.717, 1.165) is 0 Å². The summed E-state index contributed by atoms with van der Waals surface area (Å²) in [6.07, 6.45) is 4.16. The first-order valence-electron chi connectivity index (χ1n) is 8.08. The molecule has 130 valence electrons. The predicted octanol–water partition coefficient (Wildman–Crippen LogP) is 4.90. The third-order valence-corrected chi connectivity index (χ3v) is 4.31. The van der Waals surface area contributed by atoms with E-state index >= 15 is 0 Å². The highest BCUT2D eigenvalue weighted by Crippen LogP contribution is 2.36. The van der Waals surface area contributed by atoms with E-state index in [9.17, 15) is 18.0 Å². The number of halogens is 3. The molecule has 1 N–H and O–H groups in total. The maximum atomic E-state index is 14.2. The Bertz CT molecular complexity index is 476. The Kier molecular flexibility index (Phi) is 7.16. The van der Waals surface area contributed by atoms with Gasteiger partial charge in [0.2, 0.25) is 11.7 Å². The Morgan fingerprint density at radius 1 is 1.52 bits per heavy atom. The lowest BCUT2D eigenvalue weighted by Crippen LogP contribution is -2.34. The molecule has 0 bridgehead atoms. The molecule has 0 spiro atoms. The number of nitrogens with one attached hydrogen (secondary N) is 1. The molecule has 1 aliphatic rings. The molecule has 0 saturated heterocycles. The van der Waals surface area contributed by atoms with Crippen molar-refractivity contribution in [3.8, 4) is 0 Å². The van der Waals surface area contributed by atoms with Gasteiger partial charge in [-0.05, 0) is 38.5 Å². The van der Waals surface area contributed by atoms with E-state index in [1.807, 2.05) is 0 Å². The molecule has 0 aromatic carbocycles. The van der Waals surface area contributed by atoms with Gasteiger partial charge in [-0.1, -0.05) is 19.6 Å². The molecule has 1 saturated carbocycles. The SMILES string of the molecule is C=CC1(F)CCCC(C(=O)C(=N)N=CCCCC(F)(F)CC)C1. The zero-order valence-electron chi connectivity index (χ0n) is 13.6. The highest BCUT2D eigenvalue weighted by atomic mass is 19.3. The van der Waals surface area contributed by atoms with Crippen LogP contribution in [0.25, 0.3) is 0 Å². The number of unbranched alkanes of at least 4 members (excludes halogenated alkanes) is 1. The number of carbonyl (C=O) groups is 1. The molecular formula is C17H25F3N2O. The topological polar surface area (TPSA) is 53.3 Å². The number of aliphatic imine (C=N–C) groups is 1. The molecule has 0 aliphatic heterocycles. The number of Topliss-reactive ketones (excluding diaryl/α,β-unsaturated/α-hetero) is 1. The average molecular weight is 330 g/mol. The number of hydrogen-bond acceptors (Lipinski definition) is 2. The summed E-state index contributed by atoms with van der Waals surface area (Å²) in [6.45, 7) is 4.89. The Labute approximate surface area is 135 Å². The first-order chi connectivity index (χ1) is 10.7. The fourth-order valence-corrected chi connectivity index (χ4v) is 2.71. The zero-order chi connectivity index (χ0) is 17.5. The molecule has 2 atom stereocenters.